The average molecular weight is 207 g/mol. The van der Waals surface area contributed by atoms with Crippen LogP contribution in [0.2, 0.25) is 0 Å². The Balaban J connectivity index is 2.11. The van der Waals surface area contributed by atoms with Crippen LogP contribution < -0.4 is 5.73 Å². The van der Waals surface area contributed by atoms with Crippen LogP contribution in [0.15, 0.2) is 4.42 Å². The number of alkyl halides is 3. The van der Waals surface area contributed by atoms with Crippen LogP contribution in [0.1, 0.15) is 30.5 Å². The number of hydrogen-bond donors (Lipinski definition) is 1. The van der Waals surface area contributed by atoms with Crippen molar-refractivity contribution in [2.24, 2.45) is 5.73 Å². The molecule has 1 aromatic heterocycles. The lowest BCUT2D eigenvalue weighted by molar-refractivity contribution is -0.157. The molecule has 1 saturated carbocycles. The summed E-state index contributed by atoms with van der Waals surface area (Å²) in [5, 5.41) is 6.28. The number of nitrogens with two attached hydrogens (primary N) is 1. The predicted octanol–water partition coefficient (Wildman–Crippen LogP) is 1.29. The van der Waals surface area contributed by atoms with Gasteiger partial charge in [0, 0.05) is 12.0 Å². The van der Waals surface area contributed by atoms with Crippen LogP contribution in [0, 0.1) is 0 Å². The van der Waals surface area contributed by atoms with E-state index in [1.807, 2.05) is 0 Å². The van der Waals surface area contributed by atoms with Gasteiger partial charge in [-0.05, 0) is 12.8 Å². The zero-order valence-electron chi connectivity index (χ0n) is 7.08. The number of rotatable bonds is 1. The molecule has 14 heavy (non-hydrogen) atoms. The normalized spacial score (nSPS) is 27.4. The third-order valence-electron chi connectivity index (χ3n) is 2.21. The summed E-state index contributed by atoms with van der Waals surface area (Å²) < 4.78 is 40.6. The quantitative estimate of drug-likeness (QED) is 0.753. The minimum atomic E-state index is -4.56. The van der Waals surface area contributed by atoms with Gasteiger partial charge in [0.15, 0.2) is 0 Å². The molecular weight excluding hydrogens is 199 g/mol. The Morgan fingerprint density at radius 3 is 2.36 bits per heavy atom. The van der Waals surface area contributed by atoms with Crippen LogP contribution in [-0.2, 0) is 6.18 Å². The summed E-state index contributed by atoms with van der Waals surface area (Å²) in [4.78, 5) is 0. The molecule has 2 N–H and O–H groups in total. The van der Waals surface area contributed by atoms with E-state index < -0.39 is 12.1 Å². The van der Waals surface area contributed by atoms with E-state index in [1.165, 1.54) is 0 Å². The van der Waals surface area contributed by atoms with Crippen LogP contribution in [0.3, 0.4) is 0 Å². The number of halogens is 3. The smallest absolute Gasteiger partial charge is 0.417 e. The van der Waals surface area contributed by atoms with Gasteiger partial charge >= 0.3 is 12.1 Å². The third-order valence-corrected chi connectivity index (χ3v) is 2.21. The van der Waals surface area contributed by atoms with Crippen LogP contribution in [0.4, 0.5) is 13.2 Å². The van der Waals surface area contributed by atoms with Crippen molar-refractivity contribution in [1.82, 2.24) is 10.2 Å². The molecule has 78 valence electrons. The molecule has 1 aliphatic rings. The Kier molecular flexibility index (Phi) is 1.99. The molecule has 0 spiro atoms. The molecule has 7 heteroatoms. The highest BCUT2D eigenvalue weighted by molar-refractivity contribution is 5.02. The van der Waals surface area contributed by atoms with Gasteiger partial charge in [0.25, 0.3) is 0 Å². The molecule has 0 aliphatic heterocycles. The zero-order chi connectivity index (χ0) is 10.3. The van der Waals surface area contributed by atoms with E-state index in [2.05, 4.69) is 14.6 Å². The van der Waals surface area contributed by atoms with Crippen LogP contribution in [0.25, 0.3) is 0 Å². The van der Waals surface area contributed by atoms with Gasteiger partial charge in [0.2, 0.25) is 5.89 Å². The van der Waals surface area contributed by atoms with E-state index in [9.17, 15) is 13.2 Å². The first-order chi connectivity index (χ1) is 6.47. The van der Waals surface area contributed by atoms with E-state index in [4.69, 9.17) is 5.73 Å². The summed E-state index contributed by atoms with van der Waals surface area (Å²) >= 11 is 0. The number of aromatic nitrogens is 2. The molecule has 0 radical (unpaired) electrons. The summed E-state index contributed by atoms with van der Waals surface area (Å²) in [6.07, 6.45) is -3.34. The maximum Gasteiger partial charge on any atom is 0.470 e. The van der Waals surface area contributed by atoms with Gasteiger partial charge in [-0.1, -0.05) is 0 Å². The molecule has 2 rings (SSSR count). The summed E-state index contributed by atoms with van der Waals surface area (Å²) in [5.41, 5.74) is 5.49. The molecule has 1 aliphatic carbocycles. The van der Waals surface area contributed by atoms with Crippen molar-refractivity contribution in [3.05, 3.63) is 11.8 Å². The SMILES string of the molecule is NC1CC(c2nnc(C(F)(F)F)o2)C1. The maximum absolute atomic E-state index is 12.0. The zero-order valence-corrected chi connectivity index (χ0v) is 7.08. The van der Waals surface area contributed by atoms with Gasteiger partial charge in [0.05, 0.1) is 0 Å². The Bertz CT molecular complexity index is 329. The van der Waals surface area contributed by atoms with Crippen molar-refractivity contribution in [2.45, 2.75) is 31.0 Å². The van der Waals surface area contributed by atoms with E-state index in [0.717, 1.165) is 0 Å². The molecule has 0 bridgehead atoms. The molecule has 0 saturated heterocycles. The van der Waals surface area contributed by atoms with Gasteiger partial charge in [-0.25, -0.2) is 0 Å². The third kappa shape index (κ3) is 1.59. The van der Waals surface area contributed by atoms with Crippen molar-refractivity contribution in [3.63, 3.8) is 0 Å². The maximum atomic E-state index is 12.0. The topological polar surface area (TPSA) is 64.9 Å². The van der Waals surface area contributed by atoms with Gasteiger partial charge < -0.3 is 10.2 Å². The van der Waals surface area contributed by atoms with E-state index in [0.29, 0.717) is 12.8 Å². The molecule has 0 atom stereocenters. The summed E-state index contributed by atoms with van der Waals surface area (Å²) in [6, 6.07) is 0.0428. The Morgan fingerprint density at radius 1 is 1.29 bits per heavy atom. The minimum absolute atomic E-state index is 0.0408. The van der Waals surface area contributed by atoms with Crippen molar-refractivity contribution in [1.29, 1.82) is 0 Å². The van der Waals surface area contributed by atoms with Crippen molar-refractivity contribution < 1.29 is 17.6 Å². The fourth-order valence-corrected chi connectivity index (χ4v) is 1.38. The van der Waals surface area contributed by atoms with Gasteiger partial charge in [-0.3, -0.25) is 0 Å². The molecule has 1 heterocycles. The molecule has 1 fully saturated rings. The lowest BCUT2D eigenvalue weighted by Crippen LogP contribution is -2.34. The largest absolute Gasteiger partial charge is 0.470 e. The van der Waals surface area contributed by atoms with Crippen molar-refractivity contribution in [2.75, 3.05) is 0 Å². The van der Waals surface area contributed by atoms with E-state index >= 15 is 0 Å². The fraction of sp³-hybridized carbons (Fsp3) is 0.714. The summed E-state index contributed by atoms with van der Waals surface area (Å²) in [7, 11) is 0. The molecule has 0 amide bonds. The molecular formula is C7H8F3N3O. The van der Waals surface area contributed by atoms with E-state index in [1.54, 1.807) is 0 Å². The second kappa shape index (κ2) is 2.94. The molecule has 4 nitrogen and oxygen atoms in total. The summed E-state index contributed by atoms with van der Waals surface area (Å²) in [6.45, 7) is 0. The Morgan fingerprint density at radius 2 is 1.93 bits per heavy atom. The first-order valence-electron chi connectivity index (χ1n) is 4.13. The highest BCUT2D eigenvalue weighted by Crippen LogP contribution is 2.36. The monoisotopic (exact) mass is 207 g/mol. The van der Waals surface area contributed by atoms with Crippen molar-refractivity contribution in [3.8, 4) is 0 Å². The molecule has 0 aromatic carbocycles. The Labute approximate surface area is 77.3 Å². The highest BCUT2D eigenvalue weighted by Gasteiger charge is 2.40. The van der Waals surface area contributed by atoms with Gasteiger partial charge in [-0.15, -0.1) is 10.2 Å². The lowest BCUT2D eigenvalue weighted by atomic mass is 9.81. The van der Waals surface area contributed by atoms with Crippen LogP contribution >= 0.6 is 0 Å². The van der Waals surface area contributed by atoms with Gasteiger partial charge in [0.1, 0.15) is 0 Å². The second-order valence-corrected chi connectivity index (χ2v) is 3.37. The predicted molar refractivity (Wildman–Crippen MR) is 39.3 cm³/mol. The van der Waals surface area contributed by atoms with Crippen molar-refractivity contribution >= 4 is 0 Å². The second-order valence-electron chi connectivity index (χ2n) is 3.37. The molecule has 0 unspecified atom stereocenters. The first kappa shape index (κ1) is 9.45. The van der Waals surface area contributed by atoms with Crippen LogP contribution in [0.5, 0.6) is 0 Å². The molecule has 1 aromatic rings. The lowest BCUT2D eigenvalue weighted by Gasteiger charge is -2.29. The van der Waals surface area contributed by atoms with Gasteiger partial charge in [-0.2, -0.15) is 13.2 Å². The summed E-state index contributed by atoms with van der Waals surface area (Å²) in [5.74, 6) is -1.35. The minimum Gasteiger partial charge on any atom is -0.417 e. The number of nitrogens with zero attached hydrogens (tertiary/aromatic N) is 2. The Hall–Kier alpha value is -1.11. The average Bonchev–Trinajstić information content (AvgIpc) is 2.45. The van der Waals surface area contributed by atoms with E-state index in [-0.39, 0.29) is 17.9 Å². The standard InChI is InChI=1S/C7H8F3N3O/c8-7(9,10)6-13-12-5(14-6)3-1-4(11)2-3/h3-4H,1-2,11H2. The first-order valence-corrected chi connectivity index (χ1v) is 4.13. The highest BCUT2D eigenvalue weighted by atomic mass is 19.4. The fourth-order valence-electron chi connectivity index (χ4n) is 1.38. The number of hydrogen-bond acceptors (Lipinski definition) is 4. The van der Waals surface area contributed by atoms with Crippen LogP contribution in [-0.4, -0.2) is 16.2 Å².